The first-order valence-corrected chi connectivity index (χ1v) is 8.83. The molecule has 0 atom stereocenters. The summed E-state index contributed by atoms with van der Waals surface area (Å²) in [5, 5.41) is 6.54. The first kappa shape index (κ1) is 19.3. The average molecular weight is 380 g/mol. The molecule has 0 unspecified atom stereocenters. The Morgan fingerprint density at radius 3 is 2.43 bits per heavy atom. The summed E-state index contributed by atoms with van der Waals surface area (Å²) in [6, 6.07) is 15.4. The molecule has 3 aromatic rings. The van der Waals surface area contributed by atoms with Crippen molar-refractivity contribution in [2.24, 2.45) is 0 Å². The van der Waals surface area contributed by atoms with E-state index < -0.39 is 0 Å². The van der Waals surface area contributed by atoms with E-state index >= 15 is 0 Å². The molecule has 3 rings (SSSR count). The van der Waals surface area contributed by atoms with E-state index in [9.17, 15) is 0 Å². The highest BCUT2D eigenvalue weighted by molar-refractivity contribution is 5.59. The zero-order chi connectivity index (χ0) is 19.9. The van der Waals surface area contributed by atoms with Crippen molar-refractivity contribution in [3.8, 4) is 17.2 Å². The van der Waals surface area contributed by atoms with Gasteiger partial charge in [0.2, 0.25) is 5.95 Å². The van der Waals surface area contributed by atoms with E-state index in [4.69, 9.17) is 14.2 Å². The predicted octanol–water partition coefficient (Wildman–Crippen LogP) is 4.17. The van der Waals surface area contributed by atoms with Crippen LogP contribution in [-0.4, -0.2) is 31.3 Å². The molecule has 146 valence electrons. The van der Waals surface area contributed by atoms with E-state index in [0.29, 0.717) is 29.8 Å². The Morgan fingerprint density at radius 2 is 1.68 bits per heavy atom. The lowest BCUT2D eigenvalue weighted by molar-refractivity contribution is 0.354. The highest BCUT2D eigenvalue weighted by Gasteiger charge is 2.07. The monoisotopic (exact) mass is 380 g/mol. The molecule has 0 aliphatic rings. The third-order valence-corrected chi connectivity index (χ3v) is 4.09. The summed E-state index contributed by atoms with van der Waals surface area (Å²) in [7, 11) is 4.88. The molecule has 2 aromatic carbocycles. The standard InChI is InChI=1S/C21H24N4O3/c1-14-10-20(24-16-6-5-7-17(12-16)26-2)25-21(23-14)22-13-15-8-9-18(27-3)19(11-15)28-4/h5-12H,13H2,1-4H3,(H2,22,23,24,25). The van der Waals surface area contributed by atoms with Crippen LogP contribution in [-0.2, 0) is 6.54 Å². The smallest absolute Gasteiger partial charge is 0.225 e. The third-order valence-electron chi connectivity index (χ3n) is 4.09. The van der Waals surface area contributed by atoms with E-state index in [2.05, 4.69) is 20.6 Å². The number of nitrogens with zero attached hydrogens (tertiary/aromatic N) is 2. The molecule has 7 nitrogen and oxygen atoms in total. The molecule has 0 aliphatic carbocycles. The summed E-state index contributed by atoms with van der Waals surface area (Å²) in [5.41, 5.74) is 2.78. The van der Waals surface area contributed by atoms with Crippen LogP contribution in [0.5, 0.6) is 17.2 Å². The number of anilines is 3. The minimum Gasteiger partial charge on any atom is -0.497 e. The normalized spacial score (nSPS) is 10.3. The number of methoxy groups -OCH3 is 3. The van der Waals surface area contributed by atoms with Crippen molar-refractivity contribution in [1.29, 1.82) is 0 Å². The fourth-order valence-corrected chi connectivity index (χ4v) is 2.73. The van der Waals surface area contributed by atoms with E-state index in [0.717, 1.165) is 22.7 Å². The van der Waals surface area contributed by atoms with Gasteiger partial charge in [-0.3, -0.25) is 0 Å². The molecule has 0 saturated heterocycles. The molecule has 2 N–H and O–H groups in total. The van der Waals surface area contributed by atoms with Crippen LogP contribution < -0.4 is 24.8 Å². The first-order valence-electron chi connectivity index (χ1n) is 8.83. The number of hydrogen-bond donors (Lipinski definition) is 2. The largest absolute Gasteiger partial charge is 0.497 e. The maximum Gasteiger partial charge on any atom is 0.225 e. The lowest BCUT2D eigenvalue weighted by Gasteiger charge is -2.12. The van der Waals surface area contributed by atoms with Crippen molar-refractivity contribution in [3.05, 3.63) is 59.8 Å². The van der Waals surface area contributed by atoms with Gasteiger partial charge in [-0.1, -0.05) is 12.1 Å². The topological polar surface area (TPSA) is 77.5 Å². The van der Waals surface area contributed by atoms with E-state index in [1.807, 2.05) is 55.5 Å². The number of aromatic nitrogens is 2. The third kappa shape index (κ3) is 4.82. The van der Waals surface area contributed by atoms with Crippen LogP contribution in [0.4, 0.5) is 17.5 Å². The number of nitrogens with one attached hydrogen (secondary N) is 2. The molecule has 0 aliphatic heterocycles. The van der Waals surface area contributed by atoms with Gasteiger partial charge in [0.15, 0.2) is 11.5 Å². The van der Waals surface area contributed by atoms with Gasteiger partial charge >= 0.3 is 0 Å². The first-order chi connectivity index (χ1) is 13.6. The van der Waals surface area contributed by atoms with Gasteiger partial charge < -0.3 is 24.8 Å². The van der Waals surface area contributed by atoms with Crippen LogP contribution in [0.1, 0.15) is 11.3 Å². The summed E-state index contributed by atoms with van der Waals surface area (Å²) < 4.78 is 15.9. The van der Waals surface area contributed by atoms with E-state index in [1.54, 1.807) is 21.3 Å². The van der Waals surface area contributed by atoms with E-state index in [-0.39, 0.29) is 0 Å². The van der Waals surface area contributed by atoms with Crippen molar-refractivity contribution < 1.29 is 14.2 Å². The van der Waals surface area contributed by atoms with Crippen LogP contribution in [0.15, 0.2) is 48.5 Å². The number of ether oxygens (including phenoxy) is 3. The molecule has 0 radical (unpaired) electrons. The summed E-state index contributed by atoms with van der Waals surface area (Å²) in [4.78, 5) is 9.00. The molecule has 28 heavy (non-hydrogen) atoms. The Bertz CT molecular complexity index is 947. The fourth-order valence-electron chi connectivity index (χ4n) is 2.73. The van der Waals surface area contributed by atoms with Crippen LogP contribution in [0.2, 0.25) is 0 Å². The van der Waals surface area contributed by atoms with Gasteiger partial charge in [-0.25, -0.2) is 4.98 Å². The lowest BCUT2D eigenvalue weighted by Crippen LogP contribution is -2.06. The molecular weight excluding hydrogens is 356 g/mol. The highest BCUT2D eigenvalue weighted by atomic mass is 16.5. The van der Waals surface area contributed by atoms with Crippen molar-refractivity contribution in [1.82, 2.24) is 9.97 Å². The van der Waals surface area contributed by atoms with Crippen LogP contribution in [0.25, 0.3) is 0 Å². The maximum absolute atomic E-state index is 5.35. The van der Waals surface area contributed by atoms with Gasteiger partial charge in [0.05, 0.1) is 21.3 Å². The Kier molecular flexibility index (Phi) is 6.16. The zero-order valence-electron chi connectivity index (χ0n) is 16.4. The number of hydrogen-bond acceptors (Lipinski definition) is 7. The Morgan fingerprint density at radius 1 is 0.857 bits per heavy atom. The van der Waals surface area contributed by atoms with Crippen LogP contribution >= 0.6 is 0 Å². The average Bonchev–Trinajstić information content (AvgIpc) is 2.71. The molecular formula is C21H24N4O3. The summed E-state index contributed by atoms with van der Waals surface area (Å²) in [5.74, 6) is 3.41. The number of aryl methyl sites for hydroxylation is 1. The molecule has 0 bridgehead atoms. The predicted molar refractivity (Wildman–Crippen MR) is 110 cm³/mol. The Hall–Kier alpha value is -3.48. The quantitative estimate of drug-likeness (QED) is 0.607. The van der Waals surface area contributed by atoms with Crippen molar-refractivity contribution in [2.75, 3.05) is 32.0 Å². The molecule has 1 aromatic heterocycles. The van der Waals surface area contributed by atoms with Crippen molar-refractivity contribution in [3.63, 3.8) is 0 Å². The number of benzene rings is 2. The molecule has 0 fully saturated rings. The summed E-state index contributed by atoms with van der Waals surface area (Å²) >= 11 is 0. The van der Waals surface area contributed by atoms with Gasteiger partial charge in [-0.15, -0.1) is 0 Å². The molecule has 0 saturated carbocycles. The Balaban J connectivity index is 1.72. The molecule has 7 heteroatoms. The van der Waals surface area contributed by atoms with Crippen molar-refractivity contribution in [2.45, 2.75) is 13.5 Å². The fraction of sp³-hybridized carbons (Fsp3) is 0.238. The lowest BCUT2D eigenvalue weighted by atomic mass is 10.2. The SMILES string of the molecule is COc1cccc(Nc2cc(C)nc(NCc3ccc(OC)c(OC)c3)n2)c1. The minimum absolute atomic E-state index is 0.542. The van der Waals surface area contributed by atoms with Crippen LogP contribution in [0.3, 0.4) is 0 Å². The zero-order valence-corrected chi connectivity index (χ0v) is 16.4. The molecule has 0 amide bonds. The second kappa shape index (κ2) is 8.94. The molecule has 1 heterocycles. The summed E-state index contributed by atoms with van der Waals surface area (Å²) in [6.07, 6.45) is 0. The van der Waals surface area contributed by atoms with Gasteiger partial charge in [-0.05, 0) is 36.8 Å². The van der Waals surface area contributed by atoms with Crippen molar-refractivity contribution >= 4 is 17.5 Å². The van der Waals surface area contributed by atoms with Gasteiger partial charge in [0.1, 0.15) is 11.6 Å². The highest BCUT2D eigenvalue weighted by Crippen LogP contribution is 2.28. The summed E-state index contributed by atoms with van der Waals surface area (Å²) in [6.45, 7) is 2.49. The number of rotatable bonds is 8. The minimum atomic E-state index is 0.542. The van der Waals surface area contributed by atoms with Gasteiger partial charge in [0, 0.05) is 30.1 Å². The second-order valence-electron chi connectivity index (χ2n) is 6.12. The van der Waals surface area contributed by atoms with E-state index in [1.165, 1.54) is 0 Å². The Labute approximate surface area is 164 Å². The van der Waals surface area contributed by atoms with Gasteiger partial charge in [0.25, 0.3) is 0 Å². The van der Waals surface area contributed by atoms with Gasteiger partial charge in [-0.2, -0.15) is 4.98 Å². The second-order valence-corrected chi connectivity index (χ2v) is 6.12. The maximum atomic E-state index is 5.35. The molecule has 0 spiro atoms. The van der Waals surface area contributed by atoms with Crippen LogP contribution in [0, 0.1) is 6.92 Å².